The van der Waals surface area contributed by atoms with E-state index in [1.165, 1.54) is 19.3 Å². The summed E-state index contributed by atoms with van der Waals surface area (Å²) in [5.41, 5.74) is 2.94. The topological polar surface area (TPSA) is 52.6 Å². The first-order valence-electron chi connectivity index (χ1n) is 7.48. The molecule has 1 aliphatic heterocycles. The number of carbonyl (C=O) groups is 1. The minimum absolute atomic E-state index is 0.0712. The number of hydrogen-bond donors (Lipinski definition) is 2. The normalized spacial score (nSPS) is 21.3. The molecular formula is C16H22N2O2. The quantitative estimate of drug-likeness (QED) is 0.869. The van der Waals surface area contributed by atoms with Crippen LogP contribution in [0, 0.1) is 5.92 Å². The monoisotopic (exact) mass is 274 g/mol. The van der Waals surface area contributed by atoms with E-state index in [2.05, 4.69) is 5.32 Å². The van der Waals surface area contributed by atoms with Crippen molar-refractivity contribution in [1.82, 2.24) is 4.90 Å². The van der Waals surface area contributed by atoms with Crippen molar-refractivity contribution < 1.29 is 9.90 Å². The van der Waals surface area contributed by atoms with Crippen LogP contribution in [0.2, 0.25) is 0 Å². The first-order chi connectivity index (χ1) is 9.65. The number of benzene rings is 1. The minimum atomic E-state index is -0.372. The molecule has 0 aromatic heterocycles. The van der Waals surface area contributed by atoms with E-state index in [-0.39, 0.29) is 12.1 Å². The molecule has 1 aromatic carbocycles. The summed E-state index contributed by atoms with van der Waals surface area (Å²) in [5.74, 6) is 0.387. The molecule has 1 aliphatic carbocycles. The molecule has 0 bridgehead atoms. The van der Waals surface area contributed by atoms with Crippen molar-refractivity contribution in [1.29, 1.82) is 0 Å². The average molecular weight is 274 g/mol. The fraction of sp³-hybridized carbons (Fsp3) is 0.562. The Balaban J connectivity index is 1.81. The second kappa shape index (κ2) is 5.44. The Labute approximate surface area is 119 Å². The lowest BCUT2D eigenvalue weighted by atomic mass is 9.82. The third-order valence-electron chi connectivity index (χ3n) is 4.56. The van der Waals surface area contributed by atoms with Crippen LogP contribution in [0.25, 0.3) is 0 Å². The molecule has 0 spiro atoms. The highest BCUT2D eigenvalue weighted by atomic mass is 16.3. The summed E-state index contributed by atoms with van der Waals surface area (Å²) in [4.78, 5) is 13.2. The van der Waals surface area contributed by atoms with Crippen LogP contribution in [0.3, 0.4) is 0 Å². The molecule has 4 heteroatoms. The summed E-state index contributed by atoms with van der Waals surface area (Å²) in [7, 11) is 1.78. The summed E-state index contributed by atoms with van der Waals surface area (Å²) in [6.45, 7) is 0.604. The minimum Gasteiger partial charge on any atom is -0.388 e. The molecule has 1 atom stereocenters. The highest BCUT2D eigenvalue weighted by molar-refractivity contribution is 5.92. The van der Waals surface area contributed by atoms with E-state index in [4.69, 9.17) is 0 Å². The maximum atomic E-state index is 11.6. The van der Waals surface area contributed by atoms with E-state index in [1.807, 2.05) is 18.2 Å². The van der Waals surface area contributed by atoms with Crippen molar-refractivity contribution in [3.8, 4) is 0 Å². The van der Waals surface area contributed by atoms with Gasteiger partial charge in [-0.3, -0.25) is 0 Å². The van der Waals surface area contributed by atoms with E-state index in [0.29, 0.717) is 12.5 Å². The zero-order chi connectivity index (χ0) is 14.1. The number of rotatable bonds is 2. The van der Waals surface area contributed by atoms with Gasteiger partial charge in [-0.15, -0.1) is 0 Å². The number of aliphatic hydroxyl groups excluding tert-OH is 1. The predicted octanol–water partition coefficient (Wildman–Crippen LogP) is 3.28. The molecule has 0 radical (unpaired) electrons. The molecule has 1 aromatic rings. The van der Waals surface area contributed by atoms with Crippen LogP contribution in [0.5, 0.6) is 0 Å². The molecule has 2 aliphatic rings. The number of carbonyl (C=O) groups excluding carboxylic acids is 1. The van der Waals surface area contributed by atoms with Gasteiger partial charge in [-0.25, -0.2) is 4.79 Å². The van der Waals surface area contributed by atoms with E-state index >= 15 is 0 Å². The second-order valence-electron chi connectivity index (χ2n) is 6.05. The van der Waals surface area contributed by atoms with Gasteiger partial charge in [-0.2, -0.15) is 0 Å². The number of fused-ring (bicyclic) bond motifs is 1. The lowest BCUT2D eigenvalue weighted by Gasteiger charge is -2.29. The molecule has 1 fully saturated rings. The van der Waals surface area contributed by atoms with Crippen LogP contribution < -0.4 is 5.32 Å². The molecule has 4 nitrogen and oxygen atoms in total. The number of aliphatic hydroxyl groups is 1. The highest BCUT2D eigenvalue weighted by Crippen LogP contribution is 2.36. The average Bonchev–Trinajstić information content (AvgIpc) is 2.48. The molecule has 20 heavy (non-hydrogen) atoms. The molecule has 0 saturated heterocycles. The third kappa shape index (κ3) is 2.52. The van der Waals surface area contributed by atoms with Crippen LogP contribution in [0.15, 0.2) is 18.2 Å². The second-order valence-corrected chi connectivity index (χ2v) is 6.05. The zero-order valence-corrected chi connectivity index (χ0v) is 11.9. The van der Waals surface area contributed by atoms with Gasteiger partial charge in [0.05, 0.1) is 6.10 Å². The van der Waals surface area contributed by atoms with Crippen LogP contribution in [-0.4, -0.2) is 23.1 Å². The van der Waals surface area contributed by atoms with Crippen molar-refractivity contribution in [2.75, 3.05) is 12.4 Å². The predicted molar refractivity (Wildman–Crippen MR) is 78.5 cm³/mol. The lowest BCUT2D eigenvalue weighted by molar-refractivity contribution is 0.0847. The molecule has 3 rings (SSSR count). The fourth-order valence-electron chi connectivity index (χ4n) is 3.31. The van der Waals surface area contributed by atoms with Crippen LogP contribution in [0.1, 0.15) is 49.3 Å². The number of urea groups is 1. The molecule has 108 valence electrons. The molecule has 1 saturated carbocycles. The summed E-state index contributed by atoms with van der Waals surface area (Å²) < 4.78 is 0. The third-order valence-corrected chi connectivity index (χ3v) is 4.56. The van der Waals surface area contributed by atoms with Crippen molar-refractivity contribution in [3.63, 3.8) is 0 Å². The van der Waals surface area contributed by atoms with E-state index in [9.17, 15) is 9.90 Å². The number of hydrogen-bond acceptors (Lipinski definition) is 2. The van der Waals surface area contributed by atoms with Gasteiger partial charge in [-0.1, -0.05) is 25.3 Å². The Bertz CT molecular complexity index is 509. The lowest BCUT2D eigenvalue weighted by Crippen LogP contribution is -2.35. The Morgan fingerprint density at radius 2 is 2.05 bits per heavy atom. The Morgan fingerprint density at radius 3 is 2.80 bits per heavy atom. The van der Waals surface area contributed by atoms with Crippen LogP contribution in [-0.2, 0) is 6.54 Å². The van der Waals surface area contributed by atoms with Crippen LogP contribution in [0.4, 0.5) is 10.5 Å². The number of anilines is 1. The van der Waals surface area contributed by atoms with Gasteiger partial charge in [0.15, 0.2) is 0 Å². The molecule has 1 unspecified atom stereocenters. The Morgan fingerprint density at radius 1 is 1.30 bits per heavy atom. The van der Waals surface area contributed by atoms with Gasteiger partial charge in [0.25, 0.3) is 0 Å². The largest absolute Gasteiger partial charge is 0.388 e. The smallest absolute Gasteiger partial charge is 0.321 e. The van der Waals surface area contributed by atoms with Gasteiger partial charge < -0.3 is 15.3 Å². The first kappa shape index (κ1) is 13.4. The Hall–Kier alpha value is -1.55. The van der Waals surface area contributed by atoms with Gasteiger partial charge >= 0.3 is 6.03 Å². The van der Waals surface area contributed by atoms with Gasteiger partial charge in [-0.05, 0) is 42.0 Å². The standard InChI is InChI=1S/C16H22N2O2/c1-18-10-13-9-12(7-8-14(13)17-16(18)20)15(19)11-5-3-2-4-6-11/h7-9,11,15,19H,2-6,10H2,1H3,(H,17,20). The number of nitrogens with one attached hydrogen (secondary N) is 1. The van der Waals surface area contributed by atoms with Crippen LogP contribution >= 0.6 is 0 Å². The van der Waals surface area contributed by atoms with Crippen molar-refractivity contribution in [3.05, 3.63) is 29.3 Å². The van der Waals surface area contributed by atoms with E-state index in [0.717, 1.165) is 29.7 Å². The summed E-state index contributed by atoms with van der Waals surface area (Å²) in [5, 5.41) is 13.4. The van der Waals surface area contributed by atoms with E-state index in [1.54, 1.807) is 11.9 Å². The van der Waals surface area contributed by atoms with E-state index < -0.39 is 0 Å². The highest BCUT2D eigenvalue weighted by Gasteiger charge is 2.25. The molecule has 2 N–H and O–H groups in total. The fourth-order valence-corrected chi connectivity index (χ4v) is 3.31. The SMILES string of the molecule is CN1Cc2cc(C(O)C3CCCCC3)ccc2NC1=O. The molecular weight excluding hydrogens is 252 g/mol. The summed E-state index contributed by atoms with van der Waals surface area (Å²) in [6.07, 6.45) is 5.62. The molecule has 1 heterocycles. The van der Waals surface area contributed by atoms with Gasteiger partial charge in [0, 0.05) is 19.3 Å². The molecule has 2 amide bonds. The van der Waals surface area contributed by atoms with Crippen molar-refractivity contribution >= 4 is 11.7 Å². The summed E-state index contributed by atoms with van der Waals surface area (Å²) in [6, 6.07) is 5.84. The number of nitrogens with zero attached hydrogens (tertiary/aromatic N) is 1. The zero-order valence-electron chi connectivity index (χ0n) is 11.9. The van der Waals surface area contributed by atoms with Crippen molar-refractivity contribution in [2.24, 2.45) is 5.92 Å². The summed E-state index contributed by atoms with van der Waals surface area (Å²) >= 11 is 0. The van der Waals surface area contributed by atoms with Crippen molar-refractivity contribution in [2.45, 2.75) is 44.8 Å². The first-order valence-corrected chi connectivity index (χ1v) is 7.48. The Kier molecular flexibility index (Phi) is 3.66. The maximum Gasteiger partial charge on any atom is 0.321 e. The number of amides is 2. The maximum absolute atomic E-state index is 11.6. The van der Waals surface area contributed by atoms with Gasteiger partial charge in [0.2, 0.25) is 0 Å². The van der Waals surface area contributed by atoms with Gasteiger partial charge in [0.1, 0.15) is 0 Å².